The zero-order chi connectivity index (χ0) is 20.9. The molecule has 1 atom stereocenters. The quantitative estimate of drug-likeness (QED) is 0.763. The highest BCUT2D eigenvalue weighted by molar-refractivity contribution is 7.71. The van der Waals surface area contributed by atoms with Crippen LogP contribution in [0.3, 0.4) is 0 Å². The molecule has 2 aromatic rings. The van der Waals surface area contributed by atoms with Gasteiger partial charge in [-0.05, 0) is 51.2 Å². The Morgan fingerprint density at radius 2 is 1.97 bits per heavy atom. The van der Waals surface area contributed by atoms with Crippen LogP contribution in [0, 0.1) is 4.77 Å². The van der Waals surface area contributed by atoms with E-state index < -0.39 is 6.04 Å². The van der Waals surface area contributed by atoms with E-state index in [-0.39, 0.29) is 18.2 Å². The van der Waals surface area contributed by atoms with Crippen LogP contribution in [-0.2, 0) is 19.5 Å². The summed E-state index contributed by atoms with van der Waals surface area (Å²) in [5.74, 6) is 1.62. The molecule has 9 heteroatoms. The normalized spacial score (nSPS) is 18.0. The highest BCUT2D eigenvalue weighted by Crippen LogP contribution is 2.51. The van der Waals surface area contributed by atoms with Crippen LogP contribution in [0.2, 0.25) is 0 Å². The maximum absolute atomic E-state index is 13.4. The number of hydrogen-bond acceptors (Lipinski definition) is 7. The molecule has 0 spiro atoms. The fourth-order valence-electron chi connectivity index (χ4n) is 4.31. The first-order valence-corrected chi connectivity index (χ1v) is 10.1. The van der Waals surface area contributed by atoms with Crippen molar-refractivity contribution in [2.75, 3.05) is 27.5 Å². The van der Waals surface area contributed by atoms with Gasteiger partial charge in [0.2, 0.25) is 18.4 Å². The highest BCUT2D eigenvalue weighted by atomic mass is 32.1. The molecule has 0 unspecified atom stereocenters. The number of aromatic nitrogens is 2. The molecule has 1 N–H and O–H groups in total. The Morgan fingerprint density at radius 1 is 1.24 bits per heavy atom. The first-order chi connectivity index (χ1) is 13.9. The SMILES string of the molecule is CCn1c(O)c([C@H]2c3c(cc4c(c3OC)OCO4)CCN2C)c(=O)n(CC)c1=S. The van der Waals surface area contributed by atoms with E-state index in [2.05, 4.69) is 0 Å². The summed E-state index contributed by atoms with van der Waals surface area (Å²) in [5, 5.41) is 11.1. The third-order valence-electron chi connectivity index (χ3n) is 5.74. The molecule has 4 rings (SSSR count). The lowest BCUT2D eigenvalue weighted by Gasteiger charge is -2.36. The van der Waals surface area contributed by atoms with Crippen LogP contribution in [0.4, 0.5) is 0 Å². The molecule has 156 valence electrons. The number of nitrogens with zero attached hydrogens (tertiary/aromatic N) is 3. The summed E-state index contributed by atoms with van der Waals surface area (Å²) in [6, 6.07) is 1.45. The van der Waals surface area contributed by atoms with Crippen molar-refractivity contribution in [2.24, 2.45) is 0 Å². The van der Waals surface area contributed by atoms with Gasteiger partial charge in [0, 0.05) is 25.2 Å². The summed E-state index contributed by atoms with van der Waals surface area (Å²) in [4.78, 5) is 15.4. The van der Waals surface area contributed by atoms with Gasteiger partial charge in [0.05, 0.1) is 18.7 Å². The molecule has 0 fully saturated rings. The molecule has 1 aromatic heterocycles. The van der Waals surface area contributed by atoms with Crippen molar-refractivity contribution in [3.05, 3.63) is 37.9 Å². The molecule has 0 aliphatic carbocycles. The van der Waals surface area contributed by atoms with Gasteiger partial charge < -0.3 is 19.3 Å². The second kappa shape index (κ2) is 7.38. The molecular formula is C20H25N3O5S. The molecule has 0 radical (unpaired) electrons. The van der Waals surface area contributed by atoms with Gasteiger partial charge in [-0.1, -0.05) is 0 Å². The standard InChI is InChI=1S/C20H25N3O5S/c1-5-22-18(24)14(19(25)23(6-2)20(22)29)15-13-11(7-8-21(15)3)9-12-16(17(13)26-4)28-10-27-12/h9,15,24H,5-8,10H2,1-4H3/t15-/m1/s1. The van der Waals surface area contributed by atoms with Crippen LogP contribution in [0.1, 0.15) is 36.6 Å². The van der Waals surface area contributed by atoms with E-state index in [1.54, 1.807) is 11.7 Å². The summed E-state index contributed by atoms with van der Waals surface area (Å²) in [5.41, 5.74) is 1.84. The topological polar surface area (TPSA) is 78.1 Å². The fraction of sp³-hybridized carbons (Fsp3) is 0.500. The number of methoxy groups -OCH3 is 1. The van der Waals surface area contributed by atoms with Gasteiger partial charge in [0.15, 0.2) is 16.3 Å². The van der Waals surface area contributed by atoms with Crippen molar-refractivity contribution in [2.45, 2.75) is 39.4 Å². The average molecular weight is 420 g/mol. The first-order valence-electron chi connectivity index (χ1n) is 9.70. The van der Waals surface area contributed by atoms with E-state index in [1.807, 2.05) is 31.9 Å². The Hall–Kier alpha value is -2.52. The Morgan fingerprint density at radius 3 is 2.62 bits per heavy atom. The van der Waals surface area contributed by atoms with Crippen molar-refractivity contribution in [1.82, 2.24) is 14.0 Å². The van der Waals surface area contributed by atoms with Crippen molar-refractivity contribution in [3.63, 3.8) is 0 Å². The van der Waals surface area contributed by atoms with E-state index in [4.69, 9.17) is 26.4 Å². The van der Waals surface area contributed by atoms with Gasteiger partial charge in [-0.3, -0.25) is 18.8 Å². The molecule has 2 aliphatic heterocycles. The van der Waals surface area contributed by atoms with Crippen molar-refractivity contribution in [1.29, 1.82) is 0 Å². The Kier molecular flexibility index (Phi) is 5.04. The minimum Gasteiger partial charge on any atom is -0.494 e. The summed E-state index contributed by atoms with van der Waals surface area (Å²) in [6.45, 7) is 5.48. The number of ether oxygens (including phenoxy) is 3. The van der Waals surface area contributed by atoms with Crippen molar-refractivity contribution >= 4 is 12.2 Å². The van der Waals surface area contributed by atoms with E-state index in [0.29, 0.717) is 47.2 Å². The monoisotopic (exact) mass is 419 g/mol. The Bertz CT molecular complexity index is 1090. The second-order valence-corrected chi connectivity index (χ2v) is 7.53. The lowest BCUT2D eigenvalue weighted by atomic mass is 9.87. The number of likely N-dealkylation sites (N-methyl/N-ethyl adjacent to an activating group) is 1. The number of aromatic hydroxyl groups is 1. The van der Waals surface area contributed by atoms with Gasteiger partial charge in [-0.15, -0.1) is 0 Å². The zero-order valence-electron chi connectivity index (χ0n) is 17.0. The predicted molar refractivity (Wildman–Crippen MR) is 110 cm³/mol. The average Bonchev–Trinajstić information content (AvgIpc) is 3.17. The summed E-state index contributed by atoms with van der Waals surface area (Å²) >= 11 is 5.44. The molecule has 0 amide bonds. The number of rotatable bonds is 4. The second-order valence-electron chi connectivity index (χ2n) is 7.16. The maximum atomic E-state index is 13.4. The van der Waals surface area contributed by atoms with E-state index >= 15 is 0 Å². The Balaban J connectivity index is 2.06. The zero-order valence-corrected chi connectivity index (χ0v) is 17.8. The largest absolute Gasteiger partial charge is 0.494 e. The minimum atomic E-state index is -0.498. The summed E-state index contributed by atoms with van der Waals surface area (Å²) in [6.07, 6.45) is 0.769. The van der Waals surface area contributed by atoms with Crippen molar-refractivity contribution in [3.8, 4) is 23.1 Å². The molecule has 2 aliphatic rings. The maximum Gasteiger partial charge on any atom is 0.263 e. The molecule has 8 nitrogen and oxygen atoms in total. The van der Waals surface area contributed by atoms with Gasteiger partial charge in [0.25, 0.3) is 5.56 Å². The smallest absolute Gasteiger partial charge is 0.263 e. The molecule has 29 heavy (non-hydrogen) atoms. The summed E-state index contributed by atoms with van der Waals surface area (Å²) < 4.78 is 20.4. The minimum absolute atomic E-state index is 0.100. The van der Waals surface area contributed by atoms with Crippen LogP contribution in [0.15, 0.2) is 10.9 Å². The molecule has 0 saturated carbocycles. The van der Waals surface area contributed by atoms with E-state index in [0.717, 1.165) is 17.5 Å². The van der Waals surface area contributed by atoms with Crippen molar-refractivity contribution < 1.29 is 19.3 Å². The molecule has 0 bridgehead atoms. The first kappa shape index (κ1) is 19.8. The van der Waals surface area contributed by atoms with Gasteiger partial charge in [-0.25, -0.2) is 0 Å². The number of hydrogen-bond donors (Lipinski definition) is 1. The van der Waals surface area contributed by atoms with E-state index in [9.17, 15) is 9.90 Å². The predicted octanol–water partition coefficient (Wildman–Crippen LogP) is 2.44. The number of fused-ring (bicyclic) bond motifs is 2. The lowest BCUT2D eigenvalue weighted by molar-refractivity contribution is 0.170. The van der Waals surface area contributed by atoms with Crippen LogP contribution in [-0.4, -0.2) is 46.6 Å². The van der Waals surface area contributed by atoms with Gasteiger partial charge in [0.1, 0.15) is 0 Å². The van der Waals surface area contributed by atoms with Crippen LogP contribution in [0.25, 0.3) is 0 Å². The van der Waals surface area contributed by atoms with Crippen LogP contribution < -0.4 is 19.8 Å². The molecule has 3 heterocycles. The third kappa shape index (κ3) is 2.83. The molecule has 0 saturated heterocycles. The van der Waals surface area contributed by atoms with E-state index in [1.165, 1.54) is 4.57 Å². The lowest BCUT2D eigenvalue weighted by Crippen LogP contribution is -2.39. The van der Waals surface area contributed by atoms with Crippen LogP contribution >= 0.6 is 12.2 Å². The summed E-state index contributed by atoms with van der Waals surface area (Å²) in [7, 11) is 3.51. The van der Waals surface area contributed by atoms with Crippen LogP contribution in [0.5, 0.6) is 23.1 Å². The Labute approximate surface area is 173 Å². The van der Waals surface area contributed by atoms with Gasteiger partial charge >= 0.3 is 0 Å². The highest BCUT2D eigenvalue weighted by Gasteiger charge is 2.38. The molecular weight excluding hydrogens is 394 g/mol. The molecule has 1 aromatic carbocycles. The fourth-order valence-corrected chi connectivity index (χ4v) is 4.74. The van der Waals surface area contributed by atoms with Gasteiger partial charge in [-0.2, -0.15) is 0 Å². The third-order valence-corrected chi connectivity index (χ3v) is 6.18. The number of benzene rings is 1.